The summed E-state index contributed by atoms with van der Waals surface area (Å²) in [6.45, 7) is 1.84. The molecule has 0 radical (unpaired) electrons. The van der Waals surface area contributed by atoms with Crippen LogP contribution in [-0.2, 0) is 11.3 Å². The zero-order valence-corrected chi connectivity index (χ0v) is 12.9. The standard InChI is InChI=1S/C18H20N4O/c1-3-16(18-20-6-7-21-18)4-2-15(1)17-11-14(5-10-23-17)12-22-9-8-19-13-22/h1-4,6-9,13-14,17H,5,10-12H2,(H,20,21). The molecule has 3 aromatic rings. The van der Waals surface area contributed by atoms with Crippen molar-refractivity contribution in [3.8, 4) is 11.4 Å². The Morgan fingerprint density at radius 3 is 2.87 bits per heavy atom. The maximum Gasteiger partial charge on any atom is 0.137 e. The first-order chi connectivity index (χ1) is 11.4. The molecule has 118 valence electrons. The maximum absolute atomic E-state index is 6.00. The van der Waals surface area contributed by atoms with Crippen molar-refractivity contribution in [3.05, 3.63) is 60.9 Å². The molecule has 0 saturated carbocycles. The van der Waals surface area contributed by atoms with Gasteiger partial charge in [-0.25, -0.2) is 9.97 Å². The predicted molar refractivity (Wildman–Crippen MR) is 87.7 cm³/mol. The highest BCUT2D eigenvalue weighted by Gasteiger charge is 2.24. The van der Waals surface area contributed by atoms with Crippen molar-refractivity contribution in [2.45, 2.75) is 25.5 Å². The molecule has 23 heavy (non-hydrogen) atoms. The van der Waals surface area contributed by atoms with Crippen LogP contribution in [0.3, 0.4) is 0 Å². The van der Waals surface area contributed by atoms with E-state index in [1.54, 1.807) is 6.20 Å². The number of imidazole rings is 2. The second kappa shape index (κ2) is 6.38. The Bertz CT molecular complexity index is 719. The summed E-state index contributed by atoms with van der Waals surface area (Å²) in [6, 6.07) is 8.53. The minimum Gasteiger partial charge on any atom is -0.374 e. The Morgan fingerprint density at radius 1 is 1.22 bits per heavy atom. The molecule has 1 N–H and O–H groups in total. The number of benzene rings is 1. The van der Waals surface area contributed by atoms with Gasteiger partial charge in [0.05, 0.1) is 12.4 Å². The Hall–Kier alpha value is -2.40. The topological polar surface area (TPSA) is 55.7 Å². The first-order valence-electron chi connectivity index (χ1n) is 8.05. The molecule has 4 rings (SSSR count). The Balaban J connectivity index is 1.44. The van der Waals surface area contributed by atoms with Crippen LogP contribution in [0.15, 0.2) is 55.4 Å². The van der Waals surface area contributed by atoms with E-state index < -0.39 is 0 Å². The zero-order valence-electron chi connectivity index (χ0n) is 12.9. The summed E-state index contributed by atoms with van der Waals surface area (Å²) in [5.41, 5.74) is 2.35. The molecule has 1 saturated heterocycles. The van der Waals surface area contributed by atoms with E-state index in [1.807, 2.05) is 24.9 Å². The van der Waals surface area contributed by atoms with Crippen LogP contribution in [0.4, 0.5) is 0 Å². The number of nitrogens with zero attached hydrogens (tertiary/aromatic N) is 3. The molecule has 2 unspecified atom stereocenters. The van der Waals surface area contributed by atoms with Crippen molar-refractivity contribution >= 4 is 0 Å². The second-order valence-electron chi connectivity index (χ2n) is 6.07. The number of H-pyrrole nitrogens is 1. The number of nitrogens with one attached hydrogen (secondary N) is 1. The number of aromatic nitrogens is 4. The van der Waals surface area contributed by atoms with E-state index in [0.29, 0.717) is 5.92 Å². The van der Waals surface area contributed by atoms with Crippen molar-refractivity contribution < 1.29 is 4.74 Å². The van der Waals surface area contributed by atoms with Gasteiger partial charge in [-0.15, -0.1) is 0 Å². The lowest BCUT2D eigenvalue weighted by Crippen LogP contribution is -2.23. The van der Waals surface area contributed by atoms with Gasteiger partial charge in [0.1, 0.15) is 5.82 Å². The first-order valence-corrected chi connectivity index (χ1v) is 8.05. The summed E-state index contributed by atoms with van der Waals surface area (Å²) >= 11 is 0. The monoisotopic (exact) mass is 308 g/mol. The number of hydrogen-bond acceptors (Lipinski definition) is 3. The molecule has 1 fully saturated rings. The lowest BCUT2D eigenvalue weighted by molar-refractivity contribution is -0.0138. The van der Waals surface area contributed by atoms with Gasteiger partial charge < -0.3 is 14.3 Å². The van der Waals surface area contributed by atoms with Crippen LogP contribution in [0, 0.1) is 5.92 Å². The van der Waals surface area contributed by atoms with Crippen molar-refractivity contribution in [3.63, 3.8) is 0 Å². The van der Waals surface area contributed by atoms with E-state index in [4.69, 9.17) is 4.74 Å². The minimum atomic E-state index is 0.183. The number of rotatable bonds is 4. The van der Waals surface area contributed by atoms with E-state index >= 15 is 0 Å². The van der Waals surface area contributed by atoms with Crippen LogP contribution in [0.25, 0.3) is 11.4 Å². The van der Waals surface area contributed by atoms with Gasteiger partial charge in [-0.3, -0.25) is 0 Å². The molecule has 1 aliphatic heterocycles. The van der Waals surface area contributed by atoms with Crippen LogP contribution >= 0.6 is 0 Å². The van der Waals surface area contributed by atoms with Crippen LogP contribution < -0.4 is 0 Å². The molecular weight excluding hydrogens is 288 g/mol. The lowest BCUT2D eigenvalue weighted by atomic mass is 9.91. The van der Waals surface area contributed by atoms with Crippen molar-refractivity contribution in [1.29, 1.82) is 0 Å². The van der Waals surface area contributed by atoms with Crippen molar-refractivity contribution in [1.82, 2.24) is 19.5 Å². The number of hydrogen-bond donors (Lipinski definition) is 1. The lowest BCUT2D eigenvalue weighted by Gasteiger charge is -2.30. The Kier molecular flexibility index (Phi) is 3.94. The fraction of sp³-hybridized carbons (Fsp3) is 0.333. The summed E-state index contributed by atoms with van der Waals surface area (Å²) in [6.07, 6.45) is 11.7. The molecule has 1 aliphatic rings. The molecule has 0 bridgehead atoms. The molecule has 0 amide bonds. The van der Waals surface area contributed by atoms with E-state index in [-0.39, 0.29) is 6.10 Å². The van der Waals surface area contributed by atoms with Crippen LogP contribution in [0.1, 0.15) is 24.5 Å². The van der Waals surface area contributed by atoms with Gasteiger partial charge in [-0.05, 0) is 24.3 Å². The largest absolute Gasteiger partial charge is 0.374 e. The molecule has 2 atom stereocenters. The van der Waals surface area contributed by atoms with Crippen LogP contribution in [0.5, 0.6) is 0 Å². The zero-order chi connectivity index (χ0) is 15.5. The van der Waals surface area contributed by atoms with E-state index in [9.17, 15) is 0 Å². The van der Waals surface area contributed by atoms with Crippen LogP contribution in [-0.4, -0.2) is 26.1 Å². The Morgan fingerprint density at radius 2 is 2.13 bits per heavy atom. The van der Waals surface area contributed by atoms with Crippen molar-refractivity contribution in [2.75, 3.05) is 6.61 Å². The van der Waals surface area contributed by atoms with Gasteiger partial charge in [0, 0.05) is 43.5 Å². The van der Waals surface area contributed by atoms with E-state index in [2.05, 4.69) is 43.8 Å². The summed E-state index contributed by atoms with van der Waals surface area (Å²) in [5, 5.41) is 0. The molecular formula is C18H20N4O. The SMILES string of the molecule is c1cn(CC2CCOC(c3ccc(-c4ncc[nH]4)cc3)C2)cn1. The third kappa shape index (κ3) is 3.19. The highest BCUT2D eigenvalue weighted by atomic mass is 16.5. The molecule has 5 nitrogen and oxygen atoms in total. The Labute approximate surface area is 135 Å². The van der Waals surface area contributed by atoms with Crippen LogP contribution in [0.2, 0.25) is 0 Å². The van der Waals surface area contributed by atoms with E-state index in [0.717, 1.165) is 37.4 Å². The molecule has 3 heterocycles. The average molecular weight is 308 g/mol. The third-order valence-electron chi connectivity index (χ3n) is 4.47. The highest BCUT2D eigenvalue weighted by Crippen LogP contribution is 2.33. The predicted octanol–water partition coefficient (Wildman–Crippen LogP) is 3.44. The first kappa shape index (κ1) is 14.2. The smallest absolute Gasteiger partial charge is 0.137 e. The third-order valence-corrected chi connectivity index (χ3v) is 4.47. The van der Waals surface area contributed by atoms with Gasteiger partial charge in [-0.2, -0.15) is 0 Å². The molecule has 1 aromatic carbocycles. The molecule has 5 heteroatoms. The number of ether oxygens (including phenoxy) is 1. The molecule has 0 aliphatic carbocycles. The molecule has 2 aromatic heterocycles. The van der Waals surface area contributed by atoms with Gasteiger partial charge in [0.2, 0.25) is 0 Å². The van der Waals surface area contributed by atoms with Gasteiger partial charge in [0.15, 0.2) is 0 Å². The minimum absolute atomic E-state index is 0.183. The highest BCUT2D eigenvalue weighted by molar-refractivity contribution is 5.55. The summed E-state index contributed by atoms with van der Waals surface area (Å²) in [7, 11) is 0. The van der Waals surface area contributed by atoms with E-state index in [1.165, 1.54) is 5.56 Å². The summed E-state index contributed by atoms with van der Waals surface area (Å²) in [5.74, 6) is 1.53. The molecule has 0 spiro atoms. The van der Waals surface area contributed by atoms with Gasteiger partial charge >= 0.3 is 0 Å². The normalized spacial score (nSPS) is 21.4. The van der Waals surface area contributed by atoms with Gasteiger partial charge in [0.25, 0.3) is 0 Å². The average Bonchev–Trinajstić information content (AvgIpc) is 3.29. The quantitative estimate of drug-likeness (QED) is 0.803. The fourth-order valence-electron chi connectivity index (χ4n) is 3.24. The second-order valence-corrected chi connectivity index (χ2v) is 6.07. The summed E-state index contributed by atoms with van der Waals surface area (Å²) < 4.78 is 8.16. The summed E-state index contributed by atoms with van der Waals surface area (Å²) in [4.78, 5) is 11.5. The maximum atomic E-state index is 6.00. The number of aromatic amines is 1. The fourth-order valence-corrected chi connectivity index (χ4v) is 3.24. The van der Waals surface area contributed by atoms with Gasteiger partial charge in [-0.1, -0.05) is 24.3 Å². The van der Waals surface area contributed by atoms with Crippen molar-refractivity contribution in [2.24, 2.45) is 5.92 Å².